The summed E-state index contributed by atoms with van der Waals surface area (Å²) in [6.07, 6.45) is 11.1. The van der Waals surface area contributed by atoms with Gasteiger partial charge in [-0.05, 0) is 24.3 Å². The van der Waals surface area contributed by atoms with Gasteiger partial charge in [-0.1, -0.05) is 0 Å². The van der Waals surface area contributed by atoms with Crippen LogP contribution in [-0.4, -0.2) is 81.3 Å². The van der Waals surface area contributed by atoms with Crippen molar-refractivity contribution in [2.75, 3.05) is 29.0 Å². The van der Waals surface area contributed by atoms with E-state index in [1.807, 2.05) is 0 Å². The van der Waals surface area contributed by atoms with E-state index < -0.39 is 29.5 Å². The molecule has 0 aliphatic rings. The van der Waals surface area contributed by atoms with Crippen molar-refractivity contribution in [2.45, 2.75) is 12.8 Å². The van der Waals surface area contributed by atoms with Gasteiger partial charge in [0.15, 0.2) is 11.6 Å². The van der Waals surface area contributed by atoms with Gasteiger partial charge in [0.05, 0.1) is 11.4 Å². The molecule has 0 spiro atoms. The fourth-order valence-corrected chi connectivity index (χ4v) is 5.00. The number of amides is 5. The molecular weight excluding hydrogens is 648 g/mol. The largest absolute Gasteiger partial charge is 0.350 e. The maximum atomic E-state index is 13.1. The molecule has 5 rings (SSSR count). The number of nitrogens with zero attached hydrogens (tertiary/aromatic N) is 7. The number of imidazole rings is 2. The predicted octanol–water partition coefficient (Wildman–Crippen LogP) is 1.36. The number of aryl methyl sites for hydroxylation is 4. The van der Waals surface area contributed by atoms with E-state index in [0.29, 0.717) is 11.4 Å². The summed E-state index contributed by atoms with van der Waals surface area (Å²) in [5.41, 5.74) is 1.28. The molecule has 0 atom stereocenters. The number of carbonyl (C=O) groups is 6. The Hall–Kier alpha value is -6.72. The number of anilines is 3. The van der Waals surface area contributed by atoms with E-state index in [1.165, 1.54) is 38.2 Å². The second kappa shape index (κ2) is 15.0. The van der Waals surface area contributed by atoms with Crippen LogP contribution >= 0.6 is 0 Å². The smallest absolute Gasteiger partial charge is 0.292 e. The molecule has 5 aromatic rings. The summed E-state index contributed by atoms with van der Waals surface area (Å²) in [6.45, 7) is 0.145. The van der Waals surface area contributed by atoms with Gasteiger partial charge in [-0.15, -0.1) is 0 Å². The van der Waals surface area contributed by atoms with Gasteiger partial charge >= 0.3 is 0 Å². The molecule has 5 amide bonds. The topological polar surface area (TPSA) is 213 Å². The van der Waals surface area contributed by atoms with E-state index in [1.54, 1.807) is 80.4 Å². The van der Waals surface area contributed by atoms with Gasteiger partial charge in [0.2, 0.25) is 17.6 Å². The van der Waals surface area contributed by atoms with Crippen molar-refractivity contribution in [3.05, 3.63) is 90.7 Å². The Morgan fingerprint density at radius 1 is 0.620 bits per heavy atom. The van der Waals surface area contributed by atoms with E-state index in [2.05, 4.69) is 36.6 Å². The lowest BCUT2D eigenvalue weighted by molar-refractivity contribution is -0.116. The molecular formula is C32H36N12O6. The van der Waals surface area contributed by atoms with Gasteiger partial charge in [-0.25, -0.2) is 9.97 Å². The highest BCUT2D eigenvalue weighted by Crippen LogP contribution is 2.18. The van der Waals surface area contributed by atoms with Crippen molar-refractivity contribution in [3.8, 4) is 0 Å². The molecule has 5 N–H and O–H groups in total. The Kier molecular flexibility index (Phi) is 10.4. The van der Waals surface area contributed by atoms with Crippen LogP contribution in [0.4, 0.5) is 17.2 Å². The zero-order valence-electron chi connectivity index (χ0n) is 27.8. The Morgan fingerprint density at radius 3 is 1.90 bits per heavy atom. The molecule has 0 unspecified atom stereocenters. The van der Waals surface area contributed by atoms with Crippen molar-refractivity contribution in [2.24, 2.45) is 28.2 Å². The minimum Gasteiger partial charge on any atom is -0.350 e. The van der Waals surface area contributed by atoms with Crippen LogP contribution in [0.3, 0.4) is 0 Å². The van der Waals surface area contributed by atoms with Crippen LogP contribution in [0, 0.1) is 0 Å². The molecule has 0 aliphatic carbocycles. The average molecular weight is 685 g/mol. The maximum Gasteiger partial charge on any atom is 0.292 e. The van der Waals surface area contributed by atoms with E-state index in [-0.39, 0.29) is 60.7 Å². The average Bonchev–Trinajstić information content (AvgIpc) is 3.90. The van der Waals surface area contributed by atoms with Crippen molar-refractivity contribution < 1.29 is 28.8 Å². The van der Waals surface area contributed by atoms with Crippen molar-refractivity contribution in [1.82, 2.24) is 43.4 Å². The number of hydrogen-bond acceptors (Lipinski definition) is 8. The highest BCUT2D eigenvalue weighted by molar-refractivity contribution is 6.05. The number of rotatable bonds is 13. The van der Waals surface area contributed by atoms with Crippen LogP contribution in [0.15, 0.2) is 67.6 Å². The highest BCUT2D eigenvalue weighted by atomic mass is 16.2. The number of nitrogens with one attached hydrogen (secondary N) is 5. The summed E-state index contributed by atoms with van der Waals surface area (Å²) in [4.78, 5) is 83.7. The third-order valence-corrected chi connectivity index (χ3v) is 7.52. The Morgan fingerprint density at radius 2 is 1.24 bits per heavy atom. The first-order valence-corrected chi connectivity index (χ1v) is 15.4. The Balaban J connectivity index is 1.07. The van der Waals surface area contributed by atoms with Crippen molar-refractivity contribution in [3.63, 3.8) is 0 Å². The molecule has 0 bridgehead atoms. The first-order valence-electron chi connectivity index (χ1n) is 15.4. The summed E-state index contributed by atoms with van der Waals surface area (Å²) in [5, 5.41) is 13.4. The Labute approximate surface area is 285 Å². The first-order chi connectivity index (χ1) is 23.9. The summed E-state index contributed by atoms with van der Waals surface area (Å²) in [6, 6.07) is 6.50. The second-order valence-electron chi connectivity index (χ2n) is 11.3. The number of hydrogen-bond donors (Lipinski definition) is 5. The molecule has 18 nitrogen and oxygen atoms in total. The molecule has 5 aromatic heterocycles. The minimum absolute atomic E-state index is 0.0000234. The summed E-state index contributed by atoms with van der Waals surface area (Å²) in [5.74, 6) is -2.07. The fourth-order valence-electron chi connectivity index (χ4n) is 5.00. The van der Waals surface area contributed by atoms with Gasteiger partial charge in [-0.2, -0.15) is 0 Å². The van der Waals surface area contributed by atoms with Crippen LogP contribution in [-0.2, 0) is 33.0 Å². The van der Waals surface area contributed by atoms with Crippen LogP contribution < -0.4 is 26.6 Å². The molecule has 0 fully saturated rings. The van der Waals surface area contributed by atoms with Gasteiger partial charge in [0, 0.05) is 97.5 Å². The molecule has 260 valence electrons. The van der Waals surface area contributed by atoms with Crippen LogP contribution in [0.5, 0.6) is 0 Å². The van der Waals surface area contributed by atoms with Gasteiger partial charge in [0.1, 0.15) is 11.4 Å². The predicted molar refractivity (Wildman–Crippen MR) is 181 cm³/mol. The summed E-state index contributed by atoms with van der Waals surface area (Å²) in [7, 11) is 6.58. The maximum absolute atomic E-state index is 13.1. The second-order valence-corrected chi connectivity index (χ2v) is 11.3. The van der Waals surface area contributed by atoms with Crippen LogP contribution in [0.25, 0.3) is 0 Å². The van der Waals surface area contributed by atoms with Crippen molar-refractivity contribution >= 4 is 52.6 Å². The summed E-state index contributed by atoms with van der Waals surface area (Å²) >= 11 is 0. The quantitative estimate of drug-likeness (QED) is 0.122. The third kappa shape index (κ3) is 8.22. The molecule has 0 aliphatic heterocycles. The molecule has 0 saturated heterocycles. The van der Waals surface area contributed by atoms with E-state index in [0.717, 1.165) is 0 Å². The molecule has 0 aromatic carbocycles. The molecule has 0 saturated carbocycles. The summed E-state index contributed by atoms with van der Waals surface area (Å²) < 4.78 is 7.53. The van der Waals surface area contributed by atoms with Crippen LogP contribution in [0.1, 0.15) is 59.9 Å². The lowest BCUT2D eigenvalue weighted by Crippen LogP contribution is -2.29. The molecule has 5 heterocycles. The lowest BCUT2D eigenvalue weighted by Gasteiger charge is -2.06. The highest BCUT2D eigenvalue weighted by Gasteiger charge is 2.19. The normalized spacial score (nSPS) is 10.8. The van der Waals surface area contributed by atoms with Gasteiger partial charge < -0.3 is 44.9 Å². The van der Waals surface area contributed by atoms with Crippen molar-refractivity contribution in [1.29, 1.82) is 0 Å². The zero-order valence-corrected chi connectivity index (χ0v) is 27.8. The lowest BCUT2D eigenvalue weighted by atomic mass is 10.3. The van der Waals surface area contributed by atoms with Gasteiger partial charge in [-0.3, -0.25) is 33.3 Å². The molecule has 0 radical (unpaired) electrons. The standard InChI is InChI=1S/C32H36N12O6/c1-40-14-11-33-27(40)32(50)39-24-19-43(4)28(38-24)31(49)35-9-7-25(45)36-20-15-23(42(3)17-20)30(48)37-21-16-22(41(2)18-21)29(47)34-10-8-26(46)44-12-5-6-13-44/h5-6,11-19H,7-10H2,1-4H3,(H,34,47)(H,35,49)(H,36,45)(H,37,48)(H,39,50). The van der Waals surface area contributed by atoms with Crippen LogP contribution in [0.2, 0.25) is 0 Å². The van der Waals surface area contributed by atoms with E-state index in [9.17, 15) is 28.8 Å². The van der Waals surface area contributed by atoms with E-state index in [4.69, 9.17) is 0 Å². The Bertz CT molecular complexity index is 2060. The fraction of sp³-hybridized carbons (Fsp3) is 0.250. The molecule has 18 heteroatoms. The number of carbonyl (C=O) groups excluding carboxylic acids is 6. The SMILES string of the molecule is Cn1cc(NC(=O)c2cc(NC(=O)CCNC(=O)c3nc(NC(=O)c4nccn4C)cn3C)cn2C)cc1C(=O)NCCC(=O)n1cccc1. The first kappa shape index (κ1) is 34.6. The monoisotopic (exact) mass is 684 g/mol. The number of aromatic nitrogens is 7. The van der Waals surface area contributed by atoms with E-state index >= 15 is 0 Å². The van der Waals surface area contributed by atoms with Gasteiger partial charge in [0.25, 0.3) is 23.6 Å². The zero-order chi connectivity index (χ0) is 35.9. The third-order valence-electron chi connectivity index (χ3n) is 7.52. The minimum atomic E-state index is -0.541. The molecule has 50 heavy (non-hydrogen) atoms.